The van der Waals surface area contributed by atoms with E-state index in [-0.39, 0.29) is 18.8 Å². The maximum Gasteiger partial charge on any atom is 0.344 e. The van der Waals surface area contributed by atoms with E-state index in [1.807, 2.05) is 0 Å². The second kappa shape index (κ2) is 7.37. The number of benzene rings is 1. The first-order valence-electron chi connectivity index (χ1n) is 6.21. The molecule has 0 bridgehead atoms. The Balaban J connectivity index is 2.63. The van der Waals surface area contributed by atoms with Crippen LogP contribution in [0.3, 0.4) is 0 Å². The molecule has 1 aromatic carbocycles. The molecule has 0 saturated carbocycles. The molecule has 0 amide bonds. The Bertz CT molecular complexity index is 599. The molecule has 0 radical (unpaired) electrons. The summed E-state index contributed by atoms with van der Waals surface area (Å²) in [5, 5.41) is 8.74. The van der Waals surface area contributed by atoms with Crippen LogP contribution in [0.4, 0.5) is 4.39 Å². The van der Waals surface area contributed by atoms with Gasteiger partial charge in [-0.05, 0) is 43.5 Å². The fraction of sp³-hybridized carbons (Fsp3) is 0.462. The lowest BCUT2D eigenvalue weighted by molar-refractivity contribution is -0.144. The Morgan fingerprint density at radius 2 is 2.10 bits per heavy atom. The first-order valence-corrected chi connectivity index (χ1v) is 8.03. The van der Waals surface area contributed by atoms with E-state index >= 15 is 0 Å². The van der Waals surface area contributed by atoms with Gasteiger partial charge in [0.2, 0.25) is 0 Å². The van der Waals surface area contributed by atoms with E-state index in [4.69, 9.17) is 9.84 Å². The van der Waals surface area contributed by atoms with Crippen molar-refractivity contribution >= 4 is 16.1 Å². The summed E-state index contributed by atoms with van der Waals surface area (Å²) in [6, 6.07) is 3.91. The quantitative estimate of drug-likeness (QED) is 0.578. The maximum absolute atomic E-state index is 13.6. The number of aryl methyl sites for hydroxylation is 1. The van der Waals surface area contributed by atoms with Gasteiger partial charge in [0.1, 0.15) is 11.6 Å². The third kappa shape index (κ3) is 6.54. The van der Waals surface area contributed by atoms with E-state index in [0.29, 0.717) is 12.0 Å². The van der Waals surface area contributed by atoms with Gasteiger partial charge in [-0.2, -0.15) is 8.42 Å². The van der Waals surface area contributed by atoms with Gasteiger partial charge in [0, 0.05) is 0 Å². The number of hydrogen-bond donors (Lipinski definition) is 1. The summed E-state index contributed by atoms with van der Waals surface area (Å²) in [4.78, 5) is 10.7. The lowest BCUT2D eigenvalue weighted by atomic mass is 10.1. The molecular formula is C13H17FO6S. The molecule has 118 valence electrons. The molecule has 1 aromatic rings. The number of halogens is 1. The van der Waals surface area contributed by atoms with Crippen molar-refractivity contribution in [1.29, 1.82) is 0 Å². The maximum atomic E-state index is 13.6. The highest BCUT2D eigenvalue weighted by atomic mass is 32.2. The number of ether oxygens (including phenoxy) is 1. The van der Waals surface area contributed by atoms with Gasteiger partial charge in [-0.15, -0.1) is 0 Å². The van der Waals surface area contributed by atoms with Crippen LogP contribution in [0.2, 0.25) is 0 Å². The van der Waals surface area contributed by atoms with Gasteiger partial charge in [-0.3, -0.25) is 4.18 Å². The summed E-state index contributed by atoms with van der Waals surface area (Å²) in [6.07, 6.45) is 0.453. The van der Waals surface area contributed by atoms with Gasteiger partial charge in [0.25, 0.3) is 10.1 Å². The van der Waals surface area contributed by atoms with Crippen molar-refractivity contribution in [3.05, 3.63) is 29.6 Å². The van der Waals surface area contributed by atoms with Gasteiger partial charge in [-0.25, -0.2) is 9.18 Å². The number of carboxylic acid groups (broad SMARTS) is 1. The zero-order valence-corrected chi connectivity index (χ0v) is 12.5. The van der Waals surface area contributed by atoms with Crippen molar-refractivity contribution in [2.45, 2.75) is 25.9 Å². The van der Waals surface area contributed by atoms with Gasteiger partial charge in [0.05, 0.1) is 12.9 Å². The van der Waals surface area contributed by atoms with Gasteiger partial charge < -0.3 is 9.84 Å². The summed E-state index contributed by atoms with van der Waals surface area (Å²) in [5.74, 6) is -1.35. The first-order chi connectivity index (χ1) is 9.69. The molecule has 6 nitrogen and oxygen atoms in total. The van der Waals surface area contributed by atoms with Crippen LogP contribution in [0, 0.1) is 5.82 Å². The molecule has 0 heterocycles. The predicted octanol–water partition coefficient (Wildman–Crippen LogP) is 1.59. The van der Waals surface area contributed by atoms with E-state index < -0.39 is 28.0 Å². The normalized spacial score (nSPS) is 12.9. The molecule has 0 aromatic heterocycles. The van der Waals surface area contributed by atoms with E-state index in [1.54, 1.807) is 0 Å². The van der Waals surface area contributed by atoms with Gasteiger partial charge in [0.15, 0.2) is 6.10 Å². The van der Waals surface area contributed by atoms with Crippen LogP contribution in [-0.2, 0) is 25.5 Å². The van der Waals surface area contributed by atoms with Crippen LogP contribution in [0.25, 0.3) is 0 Å². The predicted molar refractivity (Wildman–Crippen MR) is 73.2 cm³/mol. The third-order valence-corrected chi connectivity index (χ3v) is 3.16. The topological polar surface area (TPSA) is 89.9 Å². The minimum Gasteiger partial charge on any atom is -0.479 e. The summed E-state index contributed by atoms with van der Waals surface area (Å²) in [6.45, 7) is 1.32. The zero-order chi connectivity index (χ0) is 16.0. The average molecular weight is 320 g/mol. The van der Waals surface area contributed by atoms with Crippen LogP contribution < -0.4 is 4.74 Å². The highest BCUT2D eigenvalue weighted by Gasteiger charge is 2.13. The third-order valence-electron chi connectivity index (χ3n) is 2.57. The molecule has 1 atom stereocenters. The van der Waals surface area contributed by atoms with E-state index in [2.05, 4.69) is 4.18 Å². The van der Waals surface area contributed by atoms with Crippen molar-refractivity contribution in [3.8, 4) is 5.75 Å². The Kier molecular flexibility index (Phi) is 6.10. The largest absolute Gasteiger partial charge is 0.479 e. The fourth-order valence-electron chi connectivity index (χ4n) is 1.54. The second-order valence-corrected chi connectivity index (χ2v) is 6.13. The van der Waals surface area contributed by atoms with Crippen molar-refractivity contribution < 1.29 is 31.6 Å². The van der Waals surface area contributed by atoms with Crippen LogP contribution in [-0.4, -0.2) is 38.5 Å². The van der Waals surface area contributed by atoms with Crippen molar-refractivity contribution in [3.63, 3.8) is 0 Å². The fourth-order valence-corrected chi connectivity index (χ4v) is 1.96. The molecule has 0 aliphatic carbocycles. The van der Waals surface area contributed by atoms with Crippen LogP contribution in [0.5, 0.6) is 5.75 Å². The standard InChI is InChI=1S/C13H17FO6S/c1-9(13(15)16)20-11-5-6-12(14)10(8-11)4-3-7-19-21(2,17)18/h5-6,8-9H,3-4,7H2,1-2H3,(H,15,16). The minimum absolute atomic E-state index is 0.0467. The highest BCUT2D eigenvalue weighted by Crippen LogP contribution is 2.19. The van der Waals surface area contributed by atoms with Crippen molar-refractivity contribution in [1.82, 2.24) is 0 Å². The van der Waals surface area contributed by atoms with Gasteiger partial charge in [-0.1, -0.05) is 0 Å². The first kappa shape index (κ1) is 17.4. The molecule has 8 heteroatoms. The monoisotopic (exact) mass is 320 g/mol. The van der Waals surface area contributed by atoms with Crippen molar-refractivity contribution in [2.24, 2.45) is 0 Å². The lowest BCUT2D eigenvalue weighted by Crippen LogP contribution is -2.22. The Morgan fingerprint density at radius 1 is 1.43 bits per heavy atom. The van der Waals surface area contributed by atoms with Crippen molar-refractivity contribution in [2.75, 3.05) is 12.9 Å². The molecule has 0 spiro atoms. The van der Waals surface area contributed by atoms with Gasteiger partial charge >= 0.3 is 5.97 Å². The van der Waals surface area contributed by atoms with E-state index in [1.165, 1.54) is 25.1 Å². The molecule has 0 aliphatic rings. The Labute approximate surface area is 122 Å². The molecule has 0 aliphatic heterocycles. The molecule has 0 fully saturated rings. The summed E-state index contributed by atoms with van der Waals surface area (Å²) in [7, 11) is -3.51. The summed E-state index contributed by atoms with van der Waals surface area (Å²) >= 11 is 0. The molecule has 21 heavy (non-hydrogen) atoms. The Hall–Kier alpha value is -1.67. The number of hydrogen-bond acceptors (Lipinski definition) is 5. The average Bonchev–Trinajstić information content (AvgIpc) is 2.36. The molecular weight excluding hydrogens is 303 g/mol. The Morgan fingerprint density at radius 3 is 2.67 bits per heavy atom. The number of carbonyl (C=O) groups is 1. The molecule has 1 unspecified atom stereocenters. The van der Waals surface area contributed by atoms with Crippen LogP contribution in [0.15, 0.2) is 18.2 Å². The number of aliphatic carboxylic acids is 1. The number of rotatable bonds is 8. The van der Waals surface area contributed by atoms with Crippen LogP contribution in [0.1, 0.15) is 18.9 Å². The molecule has 1 rings (SSSR count). The van der Waals surface area contributed by atoms with Crippen LogP contribution >= 0.6 is 0 Å². The summed E-state index contributed by atoms with van der Waals surface area (Å²) < 4.78 is 44.8. The highest BCUT2D eigenvalue weighted by molar-refractivity contribution is 7.85. The summed E-state index contributed by atoms with van der Waals surface area (Å²) in [5.41, 5.74) is 0.308. The number of carboxylic acids is 1. The molecule has 1 N–H and O–H groups in total. The zero-order valence-electron chi connectivity index (χ0n) is 11.7. The van der Waals surface area contributed by atoms with E-state index in [9.17, 15) is 17.6 Å². The smallest absolute Gasteiger partial charge is 0.344 e. The van der Waals surface area contributed by atoms with E-state index in [0.717, 1.165) is 6.26 Å². The lowest BCUT2D eigenvalue weighted by Gasteiger charge is -2.12. The minimum atomic E-state index is -3.51. The second-order valence-electron chi connectivity index (χ2n) is 4.48. The SMILES string of the molecule is CC(Oc1ccc(F)c(CCCOS(C)(=O)=O)c1)C(=O)O. The molecule has 0 saturated heterocycles.